The second-order valence-corrected chi connectivity index (χ2v) is 8.46. The van der Waals surface area contributed by atoms with E-state index in [2.05, 4.69) is 34.9 Å². The highest BCUT2D eigenvalue weighted by Gasteiger charge is 2.21. The molecule has 0 fully saturated rings. The Hall–Kier alpha value is -4.00. The number of rotatable bonds is 4. The second-order valence-electron chi connectivity index (χ2n) is 8.46. The molecule has 0 spiro atoms. The van der Waals surface area contributed by atoms with Crippen LogP contribution in [0.25, 0.3) is 44.5 Å². The number of allylic oxidation sites excluding steroid dienone is 4. The van der Waals surface area contributed by atoms with Crippen LogP contribution in [0.5, 0.6) is 0 Å². The van der Waals surface area contributed by atoms with E-state index in [-0.39, 0.29) is 0 Å². The zero-order valence-electron chi connectivity index (χ0n) is 20.5. The Kier molecular flexibility index (Phi) is 6.80. The van der Waals surface area contributed by atoms with Crippen molar-refractivity contribution < 1.29 is 10.0 Å². The highest BCUT2D eigenvalue weighted by molar-refractivity contribution is 6.59. The molecular weight excluding hydrogens is 445 g/mol. The number of fused-ring (bicyclic) bond motifs is 3. The molecule has 1 aliphatic carbocycles. The monoisotopic (exact) mass is 473 g/mol. The van der Waals surface area contributed by atoms with Crippen LogP contribution in [0.15, 0.2) is 97.2 Å². The molecule has 0 aliphatic heterocycles. The molecule has 0 saturated heterocycles. The smallest absolute Gasteiger partial charge is 0.423 e. The molecule has 6 rings (SSSR count). The van der Waals surface area contributed by atoms with Crippen LogP contribution in [0, 0.1) is 0 Å². The van der Waals surface area contributed by atoms with Gasteiger partial charge in [0, 0.05) is 16.3 Å². The average molecular weight is 473 g/mol. The van der Waals surface area contributed by atoms with Gasteiger partial charge in [-0.15, -0.1) is 0 Å². The van der Waals surface area contributed by atoms with Crippen LogP contribution < -0.4 is 5.46 Å². The lowest BCUT2D eigenvalue weighted by Crippen LogP contribution is -2.29. The zero-order valence-corrected chi connectivity index (χ0v) is 20.5. The van der Waals surface area contributed by atoms with Crippen molar-refractivity contribution in [2.45, 2.75) is 26.7 Å². The van der Waals surface area contributed by atoms with Crippen molar-refractivity contribution in [3.05, 3.63) is 103 Å². The molecule has 0 saturated carbocycles. The van der Waals surface area contributed by atoms with Crippen LogP contribution in [0.2, 0.25) is 0 Å². The van der Waals surface area contributed by atoms with E-state index in [1.54, 1.807) is 6.07 Å². The molecule has 5 nitrogen and oxygen atoms in total. The summed E-state index contributed by atoms with van der Waals surface area (Å²) in [6, 6.07) is 23.7. The third kappa shape index (κ3) is 4.26. The van der Waals surface area contributed by atoms with Crippen LogP contribution >= 0.6 is 0 Å². The fourth-order valence-electron chi connectivity index (χ4n) is 4.71. The first-order valence-electron chi connectivity index (χ1n) is 12.4. The highest BCUT2D eigenvalue weighted by Crippen LogP contribution is 2.35. The van der Waals surface area contributed by atoms with Crippen LogP contribution in [-0.4, -0.2) is 31.7 Å². The van der Waals surface area contributed by atoms with Gasteiger partial charge in [-0.25, -0.2) is 9.97 Å². The molecule has 0 bridgehead atoms. The van der Waals surface area contributed by atoms with E-state index in [1.807, 2.05) is 74.6 Å². The summed E-state index contributed by atoms with van der Waals surface area (Å²) >= 11 is 0. The number of aromatic nitrogens is 3. The number of hydrogen-bond acceptors (Lipinski definition) is 4. The van der Waals surface area contributed by atoms with E-state index >= 15 is 0 Å². The van der Waals surface area contributed by atoms with Crippen LogP contribution in [0.4, 0.5) is 0 Å². The van der Waals surface area contributed by atoms with Gasteiger partial charge in [0.05, 0.1) is 28.6 Å². The van der Waals surface area contributed by atoms with Gasteiger partial charge < -0.3 is 14.6 Å². The van der Waals surface area contributed by atoms with E-state index in [9.17, 15) is 10.0 Å². The van der Waals surface area contributed by atoms with Crippen molar-refractivity contribution in [2.75, 3.05) is 0 Å². The van der Waals surface area contributed by atoms with Gasteiger partial charge in [-0.2, -0.15) is 0 Å². The first kappa shape index (κ1) is 23.7. The molecule has 3 aromatic carbocycles. The van der Waals surface area contributed by atoms with Gasteiger partial charge in [0.1, 0.15) is 0 Å². The minimum Gasteiger partial charge on any atom is -0.423 e. The largest absolute Gasteiger partial charge is 0.488 e. The summed E-state index contributed by atoms with van der Waals surface area (Å²) in [7, 11) is -1.52. The quantitative estimate of drug-likeness (QED) is 0.330. The minimum absolute atomic E-state index is 0.464. The van der Waals surface area contributed by atoms with E-state index in [1.165, 1.54) is 5.57 Å². The molecule has 0 amide bonds. The lowest BCUT2D eigenvalue weighted by molar-refractivity contribution is 0.426. The maximum atomic E-state index is 9.75. The maximum absolute atomic E-state index is 9.75. The molecule has 36 heavy (non-hydrogen) atoms. The van der Waals surface area contributed by atoms with Crippen molar-refractivity contribution in [1.29, 1.82) is 0 Å². The molecule has 0 unspecified atom stereocenters. The number of benzene rings is 3. The number of hydrogen-bond donors (Lipinski definition) is 2. The Bertz CT molecular complexity index is 1590. The summed E-state index contributed by atoms with van der Waals surface area (Å²) in [5.74, 6) is 0.696. The predicted molar refractivity (Wildman–Crippen MR) is 149 cm³/mol. The van der Waals surface area contributed by atoms with Gasteiger partial charge in [-0.3, -0.25) is 0 Å². The third-order valence-electron chi connectivity index (χ3n) is 6.36. The van der Waals surface area contributed by atoms with Gasteiger partial charge in [0.25, 0.3) is 0 Å². The molecule has 5 aromatic rings. The minimum atomic E-state index is -1.52. The van der Waals surface area contributed by atoms with Crippen molar-refractivity contribution in [2.24, 2.45) is 0 Å². The van der Waals surface area contributed by atoms with Crippen molar-refractivity contribution in [3.63, 3.8) is 0 Å². The number of para-hydroxylation sites is 1. The van der Waals surface area contributed by atoms with Gasteiger partial charge >= 0.3 is 7.12 Å². The summed E-state index contributed by atoms with van der Waals surface area (Å²) in [5, 5.41) is 21.5. The van der Waals surface area contributed by atoms with Gasteiger partial charge in [0.15, 0.2) is 5.82 Å². The maximum Gasteiger partial charge on any atom is 0.488 e. The van der Waals surface area contributed by atoms with Crippen molar-refractivity contribution in [1.82, 2.24) is 14.5 Å². The van der Waals surface area contributed by atoms with Gasteiger partial charge in [-0.05, 0) is 36.0 Å². The lowest BCUT2D eigenvalue weighted by atomic mass is 9.80. The first-order valence-corrected chi connectivity index (χ1v) is 12.4. The molecule has 2 aromatic heterocycles. The van der Waals surface area contributed by atoms with Crippen LogP contribution in [-0.2, 0) is 0 Å². The fourth-order valence-corrected chi connectivity index (χ4v) is 4.71. The summed E-state index contributed by atoms with van der Waals surface area (Å²) in [4.78, 5) is 9.83. The summed E-state index contributed by atoms with van der Waals surface area (Å²) in [6.07, 6.45) is 10.2. The van der Waals surface area contributed by atoms with E-state index < -0.39 is 7.12 Å². The first-order chi connectivity index (χ1) is 17.7. The summed E-state index contributed by atoms with van der Waals surface area (Å²) in [5.41, 5.74) is 6.42. The topological polar surface area (TPSA) is 71.2 Å². The number of nitrogens with zero attached hydrogens (tertiary/aromatic N) is 3. The Morgan fingerprint density at radius 3 is 2.36 bits per heavy atom. The summed E-state index contributed by atoms with van der Waals surface area (Å²) in [6.45, 7) is 4.00. The molecule has 2 heterocycles. The van der Waals surface area contributed by atoms with Gasteiger partial charge in [-0.1, -0.05) is 92.7 Å². The molecular formula is C30H28BN3O2. The van der Waals surface area contributed by atoms with Crippen LogP contribution in [0.1, 0.15) is 32.4 Å². The fraction of sp³-hybridized carbons (Fsp3) is 0.133. The Morgan fingerprint density at radius 1 is 0.861 bits per heavy atom. The highest BCUT2D eigenvalue weighted by atomic mass is 16.4. The van der Waals surface area contributed by atoms with E-state index in [4.69, 9.17) is 9.97 Å². The second kappa shape index (κ2) is 10.3. The average Bonchev–Trinajstić information content (AvgIpc) is 3.28. The molecule has 6 heteroatoms. The molecule has 178 valence electrons. The van der Waals surface area contributed by atoms with Crippen LogP contribution in [0.3, 0.4) is 0 Å². The van der Waals surface area contributed by atoms with E-state index in [0.717, 1.165) is 51.6 Å². The Morgan fingerprint density at radius 2 is 1.61 bits per heavy atom. The predicted octanol–water partition coefficient (Wildman–Crippen LogP) is 5.68. The Balaban J connectivity index is 0.00000130. The standard InChI is InChI=1S/C28H22BN3O2.C2H6/c33-29(34)21-15-16-25-23(17-21)22-13-7-8-14-24(22)32(25)26-18-30-28(20-11-5-2-6-12-20)31-27(26)19-9-3-1-4-10-19;1-2/h1-3,5-9,11-18,33-34H,4,10H2;1-2H3. The van der Waals surface area contributed by atoms with Crippen molar-refractivity contribution >= 4 is 40.0 Å². The van der Waals surface area contributed by atoms with Crippen molar-refractivity contribution in [3.8, 4) is 17.1 Å². The molecule has 1 aliphatic rings. The summed E-state index contributed by atoms with van der Waals surface area (Å²) < 4.78 is 2.18. The third-order valence-corrected chi connectivity index (χ3v) is 6.36. The lowest BCUT2D eigenvalue weighted by Gasteiger charge is -2.17. The normalized spacial score (nSPS) is 12.8. The SMILES string of the molecule is CC.OB(O)c1ccc2c(c1)c1ccccc1n2-c1cnc(-c2ccccc2)nc1C1=CC=CCC1. The molecule has 0 atom stereocenters. The zero-order chi connectivity index (χ0) is 25.1. The Labute approximate surface area is 211 Å². The molecule has 0 radical (unpaired) electrons. The van der Waals surface area contributed by atoms with Gasteiger partial charge in [0.2, 0.25) is 0 Å². The molecule has 2 N–H and O–H groups in total. The van der Waals surface area contributed by atoms with E-state index in [0.29, 0.717) is 11.3 Å².